The van der Waals surface area contributed by atoms with E-state index in [1.54, 1.807) is 6.07 Å². The molecule has 5 rings (SSSR count). The topological polar surface area (TPSA) is 42.4 Å². The second-order valence-electron chi connectivity index (χ2n) is 7.56. The van der Waals surface area contributed by atoms with Crippen molar-refractivity contribution in [2.45, 2.75) is 38.6 Å². The second kappa shape index (κ2) is 7.40. The highest BCUT2D eigenvalue weighted by molar-refractivity contribution is 5.82. The van der Waals surface area contributed by atoms with Crippen LogP contribution in [0.1, 0.15) is 36.5 Å². The Morgan fingerprint density at radius 3 is 2.89 bits per heavy atom. The standard InChI is InChI=1S/C23H23FN2O2/c24-16-9-10-19-22(14-16)28-23(25-19)8-2-1-5-12-26-13-11-21-18(15-26)17-6-3-4-7-20(17)27-21/h3-4,6-7,9-10,14H,1-2,5,8,11-13,15H2. The molecule has 0 aliphatic carbocycles. The lowest BCUT2D eigenvalue weighted by molar-refractivity contribution is 0.238. The molecule has 0 saturated heterocycles. The number of aryl methyl sites for hydroxylation is 1. The molecular weight excluding hydrogens is 355 g/mol. The first kappa shape index (κ1) is 17.4. The van der Waals surface area contributed by atoms with Crippen molar-refractivity contribution in [1.82, 2.24) is 9.88 Å². The first-order valence-electron chi connectivity index (χ1n) is 10.0. The number of unbranched alkanes of at least 4 members (excludes halogenated alkanes) is 2. The molecule has 0 atom stereocenters. The molecule has 4 nitrogen and oxygen atoms in total. The molecule has 3 heterocycles. The van der Waals surface area contributed by atoms with E-state index in [4.69, 9.17) is 8.83 Å². The highest BCUT2D eigenvalue weighted by atomic mass is 19.1. The third kappa shape index (κ3) is 3.42. The lowest BCUT2D eigenvalue weighted by Gasteiger charge is -2.26. The predicted octanol–water partition coefficient (Wildman–Crippen LogP) is 5.48. The van der Waals surface area contributed by atoms with Gasteiger partial charge in [0.1, 0.15) is 22.7 Å². The molecule has 0 fully saturated rings. The number of hydrogen-bond acceptors (Lipinski definition) is 4. The SMILES string of the molecule is Fc1ccc2nc(CCCCCN3CCc4oc5ccccc5c4C3)oc2c1. The summed E-state index contributed by atoms with van der Waals surface area (Å²) < 4.78 is 24.9. The predicted molar refractivity (Wildman–Crippen MR) is 107 cm³/mol. The van der Waals surface area contributed by atoms with Crippen LogP contribution >= 0.6 is 0 Å². The Morgan fingerprint density at radius 2 is 1.93 bits per heavy atom. The largest absolute Gasteiger partial charge is 0.461 e. The molecule has 4 aromatic rings. The van der Waals surface area contributed by atoms with Crippen molar-refractivity contribution in [1.29, 1.82) is 0 Å². The lowest BCUT2D eigenvalue weighted by Crippen LogP contribution is -2.30. The van der Waals surface area contributed by atoms with Gasteiger partial charge in [-0.2, -0.15) is 0 Å². The molecule has 5 heteroatoms. The van der Waals surface area contributed by atoms with Gasteiger partial charge in [-0.1, -0.05) is 24.6 Å². The van der Waals surface area contributed by atoms with Gasteiger partial charge in [0, 0.05) is 42.9 Å². The van der Waals surface area contributed by atoms with Gasteiger partial charge in [0.2, 0.25) is 0 Å². The normalized spacial score (nSPS) is 14.8. The number of halogens is 1. The average Bonchev–Trinajstić information content (AvgIpc) is 3.27. The maximum Gasteiger partial charge on any atom is 0.195 e. The van der Waals surface area contributed by atoms with Gasteiger partial charge in [0.25, 0.3) is 0 Å². The Kier molecular flexibility index (Phi) is 4.61. The third-order valence-electron chi connectivity index (χ3n) is 5.58. The highest BCUT2D eigenvalue weighted by Gasteiger charge is 2.21. The van der Waals surface area contributed by atoms with Crippen molar-refractivity contribution in [2.75, 3.05) is 13.1 Å². The Labute approximate surface area is 162 Å². The summed E-state index contributed by atoms with van der Waals surface area (Å²) in [6, 6.07) is 12.8. The van der Waals surface area contributed by atoms with Gasteiger partial charge in [-0.3, -0.25) is 4.90 Å². The van der Waals surface area contributed by atoms with Crippen LogP contribution in [0.3, 0.4) is 0 Å². The molecule has 144 valence electrons. The van der Waals surface area contributed by atoms with Crippen LogP contribution in [0.5, 0.6) is 0 Å². The summed E-state index contributed by atoms with van der Waals surface area (Å²) in [5.74, 6) is 1.57. The molecule has 0 amide bonds. The van der Waals surface area contributed by atoms with E-state index in [0.717, 1.165) is 68.6 Å². The van der Waals surface area contributed by atoms with Crippen molar-refractivity contribution in [3.63, 3.8) is 0 Å². The van der Waals surface area contributed by atoms with E-state index in [-0.39, 0.29) is 5.82 Å². The average molecular weight is 378 g/mol. The van der Waals surface area contributed by atoms with E-state index in [9.17, 15) is 4.39 Å². The van der Waals surface area contributed by atoms with Crippen molar-refractivity contribution < 1.29 is 13.2 Å². The summed E-state index contributed by atoms with van der Waals surface area (Å²) in [6.07, 6.45) is 5.10. The zero-order valence-electron chi connectivity index (χ0n) is 15.8. The lowest BCUT2D eigenvalue weighted by atomic mass is 10.0. The number of nitrogens with zero attached hydrogens (tertiary/aromatic N) is 2. The summed E-state index contributed by atoms with van der Waals surface area (Å²) in [5.41, 5.74) is 3.63. The summed E-state index contributed by atoms with van der Waals surface area (Å²) in [5, 5.41) is 1.26. The van der Waals surface area contributed by atoms with Crippen molar-refractivity contribution in [2.24, 2.45) is 0 Å². The first-order valence-corrected chi connectivity index (χ1v) is 10.0. The zero-order valence-corrected chi connectivity index (χ0v) is 15.8. The van der Waals surface area contributed by atoms with E-state index in [0.29, 0.717) is 11.5 Å². The molecule has 0 spiro atoms. The maximum atomic E-state index is 13.2. The monoisotopic (exact) mass is 378 g/mol. The number of fused-ring (bicyclic) bond motifs is 4. The van der Waals surface area contributed by atoms with Gasteiger partial charge >= 0.3 is 0 Å². The molecule has 28 heavy (non-hydrogen) atoms. The second-order valence-corrected chi connectivity index (χ2v) is 7.56. The van der Waals surface area contributed by atoms with Gasteiger partial charge in [0.15, 0.2) is 11.5 Å². The number of oxazole rings is 1. The molecule has 2 aromatic carbocycles. The van der Waals surface area contributed by atoms with E-state index in [1.165, 1.54) is 23.1 Å². The van der Waals surface area contributed by atoms with Crippen LogP contribution in [0.15, 0.2) is 51.3 Å². The number of benzene rings is 2. The van der Waals surface area contributed by atoms with Gasteiger partial charge < -0.3 is 8.83 Å². The molecule has 0 bridgehead atoms. The van der Waals surface area contributed by atoms with Crippen LogP contribution in [0.25, 0.3) is 22.1 Å². The van der Waals surface area contributed by atoms with Crippen LogP contribution in [0.4, 0.5) is 4.39 Å². The molecule has 0 unspecified atom stereocenters. The van der Waals surface area contributed by atoms with E-state index < -0.39 is 0 Å². The van der Waals surface area contributed by atoms with E-state index in [2.05, 4.69) is 28.1 Å². The fourth-order valence-corrected chi connectivity index (χ4v) is 4.12. The molecule has 2 aromatic heterocycles. The summed E-state index contributed by atoms with van der Waals surface area (Å²) in [7, 11) is 0. The number of rotatable bonds is 6. The highest BCUT2D eigenvalue weighted by Crippen LogP contribution is 2.30. The smallest absolute Gasteiger partial charge is 0.195 e. The van der Waals surface area contributed by atoms with Crippen molar-refractivity contribution >= 4 is 22.1 Å². The minimum Gasteiger partial charge on any atom is -0.461 e. The first-order chi connectivity index (χ1) is 13.8. The van der Waals surface area contributed by atoms with Gasteiger partial charge in [0.05, 0.1) is 0 Å². The molecular formula is C23H23FN2O2. The van der Waals surface area contributed by atoms with Crippen LogP contribution in [0.2, 0.25) is 0 Å². The van der Waals surface area contributed by atoms with Crippen LogP contribution < -0.4 is 0 Å². The van der Waals surface area contributed by atoms with E-state index in [1.807, 2.05) is 6.07 Å². The number of hydrogen-bond donors (Lipinski definition) is 0. The van der Waals surface area contributed by atoms with Crippen LogP contribution in [-0.2, 0) is 19.4 Å². The van der Waals surface area contributed by atoms with Gasteiger partial charge in [-0.25, -0.2) is 9.37 Å². The third-order valence-corrected chi connectivity index (χ3v) is 5.58. The zero-order chi connectivity index (χ0) is 18.9. The Hall–Kier alpha value is -2.66. The summed E-state index contributed by atoms with van der Waals surface area (Å²) in [4.78, 5) is 6.96. The Bertz CT molecular complexity index is 1110. The quantitative estimate of drug-likeness (QED) is 0.417. The molecule has 1 aliphatic heterocycles. The molecule has 1 aliphatic rings. The van der Waals surface area contributed by atoms with E-state index >= 15 is 0 Å². The van der Waals surface area contributed by atoms with Crippen molar-refractivity contribution in [3.8, 4) is 0 Å². The minimum absolute atomic E-state index is 0.287. The van der Waals surface area contributed by atoms with Crippen molar-refractivity contribution in [3.05, 3.63) is 65.5 Å². The Morgan fingerprint density at radius 1 is 1.00 bits per heavy atom. The van der Waals surface area contributed by atoms with Gasteiger partial charge in [-0.05, 0) is 37.6 Å². The number of furan rings is 1. The summed E-state index contributed by atoms with van der Waals surface area (Å²) in [6.45, 7) is 3.13. The van der Waals surface area contributed by atoms with Crippen LogP contribution in [0, 0.1) is 5.82 Å². The summed E-state index contributed by atoms with van der Waals surface area (Å²) >= 11 is 0. The maximum absolute atomic E-state index is 13.2. The van der Waals surface area contributed by atoms with Gasteiger partial charge in [-0.15, -0.1) is 0 Å². The molecule has 0 N–H and O–H groups in total. The fraction of sp³-hybridized carbons (Fsp3) is 0.348. The Balaban J connectivity index is 1.11. The fourth-order valence-electron chi connectivity index (χ4n) is 4.12. The number of para-hydroxylation sites is 1. The minimum atomic E-state index is -0.287. The molecule has 0 saturated carbocycles. The molecule has 0 radical (unpaired) electrons. The number of aromatic nitrogens is 1. The van der Waals surface area contributed by atoms with Crippen LogP contribution in [-0.4, -0.2) is 23.0 Å².